The first kappa shape index (κ1) is 17.6. The molecule has 0 fully saturated rings. The number of aromatic nitrogens is 2. The van der Waals surface area contributed by atoms with Crippen LogP contribution < -0.4 is 9.47 Å². The maximum atomic E-state index is 11.3. The summed E-state index contributed by atoms with van der Waals surface area (Å²) in [5, 5.41) is 5.40. The van der Waals surface area contributed by atoms with Crippen LogP contribution >= 0.6 is 23.2 Å². The fraction of sp³-hybridized carbons (Fsp3) is 0.375. The fourth-order valence-electron chi connectivity index (χ4n) is 1.92. The molecule has 0 unspecified atom stereocenters. The Morgan fingerprint density at radius 2 is 2.09 bits per heavy atom. The van der Waals surface area contributed by atoms with E-state index in [-0.39, 0.29) is 0 Å². The number of carbonyl (C=O) groups is 1. The molecule has 124 valence electrons. The molecule has 2 aromatic rings. The van der Waals surface area contributed by atoms with E-state index in [1.807, 2.05) is 6.07 Å². The van der Waals surface area contributed by atoms with Crippen molar-refractivity contribution in [1.29, 1.82) is 0 Å². The summed E-state index contributed by atoms with van der Waals surface area (Å²) in [6.07, 6.45) is 1.96. The minimum atomic E-state index is -0.423. The van der Waals surface area contributed by atoms with Gasteiger partial charge in [-0.3, -0.25) is 4.79 Å². The molecule has 0 atom stereocenters. The summed E-state index contributed by atoms with van der Waals surface area (Å²) in [5.41, 5.74) is 0.813. The van der Waals surface area contributed by atoms with Crippen LogP contribution in [0.1, 0.15) is 32.3 Å². The van der Waals surface area contributed by atoms with E-state index in [4.69, 9.17) is 32.7 Å². The van der Waals surface area contributed by atoms with Crippen LogP contribution in [0.5, 0.6) is 11.8 Å². The van der Waals surface area contributed by atoms with Crippen molar-refractivity contribution in [3.05, 3.63) is 39.9 Å². The predicted molar refractivity (Wildman–Crippen MR) is 89.5 cm³/mol. The normalized spacial score (nSPS) is 10.6. The number of unbranched alkanes of at least 4 members (excludes halogenated alkanes) is 1. The Kier molecular flexibility index (Phi) is 6.30. The molecule has 0 bridgehead atoms. The Morgan fingerprint density at radius 1 is 1.30 bits per heavy atom. The lowest BCUT2D eigenvalue weighted by atomic mass is 10.2. The van der Waals surface area contributed by atoms with Crippen LogP contribution in [0.25, 0.3) is 0 Å². The first-order chi connectivity index (χ1) is 11.0. The third-order valence-corrected chi connectivity index (χ3v) is 3.64. The molecule has 0 amide bonds. The summed E-state index contributed by atoms with van der Waals surface area (Å²) in [6, 6.07) is 6.81. The van der Waals surface area contributed by atoms with Crippen LogP contribution in [-0.2, 0) is 11.3 Å². The number of ether oxygens (including phenoxy) is 2. The summed E-state index contributed by atoms with van der Waals surface area (Å²) in [7, 11) is 0. The van der Waals surface area contributed by atoms with Gasteiger partial charge in [0.05, 0.1) is 19.2 Å². The average molecular weight is 357 g/mol. The third kappa shape index (κ3) is 5.15. The molecule has 23 heavy (non-hydrogen) atoms. The first-order valence-electron chi connectivity index (χ1n) is 7.32. The number of halogens is 2. The highest BCUT2D eigenvalue weighted by atomic mass is 35.5. The highest BCUT2D eigenvalue weighted by molar-refractivity contribution is 6.35. The molecule has 1 aromatic carbocycles. The molecule has 1 heterocycles. The van der Waals surface area contributed by atoms with E-state index in [2.05, 4.69) is 12.0 Å². The van der Waals surface area contributed by atoms with Crippen molar-refractivity contribution in [2.45, 2.75) is 33.2 Å². The monoisotopic (exact) mass is 356 g/mol. The summed E-state index contributed by atoms with van der Waals surface area (Å²) in [4.78, 5) is 11.3. The van der Waals surface area contributed by atoms with Crippen LogP contribution in [-0.4, -0.2) is 22.4 Å². The largest absolute Gasteiger partial charge is 0.477 e. The van der Waals surface area contributed by atoms with Gasteiger partial charge in [-0.2, -0.15) is 0 Å². The van der Waals surface area contributed by atoms with Crippen LogP contribution in [0, 0.1) is 0 Å². The van der Waals surface area contributed by atoms with Crippen molar-refractivity contribution in [2.75, 3.05) is 6.61 Å². The summed E-state index contributed by atoms with van der Waals surface area (Å²) < 4.78 is 12.3. The fourth-order valence-corrected chi connectivity index (χ4v) is 2.39. The van der Waals surface area contributed by atoms with Crippen LogP contribution in [0.15, 0.2) is 24.3 Å². The quantitative estimate of drug-likeness (QED) is 0.546. The topological polar surface area (TPSA) is 53.4 Å². The minimum absolute atomic E-state index is 0.315. The molecular weight excluding hydrogens is 339 g/mol. The first-order valence-corrected chi connectivity index (χ1v) is 8.08. The number of benzene rings is 1. The number of hydrogen-bond donors (Lipinski definition) is 0. The Morgan fingerprint density at radius 3 is 2.74 bits per heavy atom. The number of rotatable bonds is 7. The lowest BCUT2D eigenvalue weighted by Crippen LogP contribution is -2.10. The second-order valence-corrected chi connectivity index (χ2v) is 5.85. The smallest absolute Gasteiger partial charge is 0.309 e. The van der Waals surface area contributed by atoms with E-state index in [0.717, 1.165) is 18.4 Å². The number of nitrogens with zero attached hydrogens (tertiary/aromatic N) is 2. The van der Waals surface area contributed by atoms with E-state index in [1.54, 1.807) is 18.2 Å². The van der Waals surface area contributed by atoms with E-state index in [0.29, 0.717) is 35.0 Å². The lowest BCUT2D eigenvalue weighted by molar-refractivity contribution is -0.132. The summed E-state index contributed by atoms with van der Waals surface area (Å²) >= 11 is 12.1. The van der Waals surface area contributed by atoms with Gasteiger partial charge in [-0.05, 0) is 24.1 Å². The van der Waals surface area contributed by atoms with Crippen molar-refractivity contribution in [3.63, 3.8) is 0 Å². The van der Waals surface area contributed by atoms with E-state index in [1.165, 1.54) is 11.6 Å². The van der Waals surface area contributed by atoms with Gasteiger partial charge in [0.2, 0.25) is 11.8 Å². The molecule has 0 saturated carbocycles. The van der Waals surface area contributed by atoms with Crippen molar-refractivity contribution >= 4 is 29.2 Å². The molecule has 0 aliphatic heterocycles. The SMILES string of the molecule is CCCCOc1cc(OC(C)=O)n(Cc2ccc(Cl)cc2Cl)n1. The maximum absolute atomic E-state index is 11.3. The highest BCUT2D eigenvalue weighted by Gasteiger charge is 2.14. The van der Waals surface area contributed by atoms with Gasteiger partial charge in [-0.15, -0.1) is 5.10 Å². The van der Waals surface area contributed by atoms with E-state index in [9.17, 15) is 4.79 Å². The third-order valence-electron chi connectivity index (χ3n) is 3.05. The number of esters is 1. The second kappa shape index (κ2) is 8.22. The molecule has 0 aliphatic rings. The van der Waals surface area contributed by atoms with Crippen LogP contribution in [0.4, 0.5) is 0 Å². The van der Waals surface area contributed by atoms with Gasteiger partial charge in [0.15, 0.2) is 0 Å². The molecular formula is C16H18Cl2N2O3. The van der Waals surface area contributed by atoms with Gasteiger partial charge in [-0.1, -0.05) is 42.6 Å². The van der Waals surface area contributed by atoms with E-state index < -0.39 is 5.97 Å². The molecule has 7 heteroatoms. The van der Waals surface area contributed by atoms with Crippen LogP contribution in [0.3, 0.4) is 0 Å². The molecule has 0 aliphatic carbocycles. The zero-order valence-corrected chi connectivity index (χ0v) is 14.5. The number of hydrogen-bond acceptors (Lipinski definition) is 4. The zero-order valence-electron chi connectivity index (χ0n) is 13.0. The zero-order chi connectivity index (χ0) is 16.8. The molecule has 0 spiro atoms. The highest BCUT2D eigenvalue weighted by Crippen LogP contribution is 2.25. The molecule has 5 nitrogen and oxygen atoms in total. The predicted octanol–water partition coefficient (Wildman–Crippen LogP) is 4.34. The molecule has 1 aromatic heterocycles. The molecule has 2 rings (SSSR count). The minimum Gasteiger partial charge on any atom is -0.477 e. The van der Waals surface area contributed by atoms with Gasteiger partial charge in [-0.25, -0.2) is 4.68 Å². The molecule has 0 saturated heterocycles. The van der Waals surface area contributed by atoms with Crippen molar-refractivity contribution in [3.8, 4) is 11.8 Å². The Balaban J connectivity index is 2.22. The van der Waals surface area contributed by atoms with Crippen LogP contribution in [0.2, 0.25) is 10.0 Å². The maximum Gasteiger partial charge on any atom is 0.309 e. The Hall–Kier alpha value is -1.72. The van der Waals surface area contributed by atoms with Crippen molar-refractivity contribution < 1.29 is 14.3 Å². The average Bonchev–Trinajstić information content (AvgIpc) is 2.83. The van der Waals surface area contributed by atoms with Gasteiger partial charge in [0.25, 0.3) is 0 Å². The summed E-state index contributed by atoms with van der Waals surface area (Å²) in [5.74, 6) is 0.309. The summed E-state index contributed by atoms with van der Waals surface area (Å²) in [6.45, 7) is 4.32. The van der Waals surface area contributed by atoms with Crippen molar-refractivity contribution in [1.82, 2.24) is 9.78 Å². The van der Waals surface area contributed by atoms with E-state index >= 15 is 0 Å². The van der Waals surface area contributed by atoms with Crippen molar-refractivity contribution in [2.24, 2.45) is 0 Å². The van der Waals surface area contributed by atoms with Gasteiger partial charge >= 0.3 is 5.97 Å². The standard InChI is InChI=1S/C16H18Cl2N2O3/c1-3-4-7-22-15-9-16(23-11(2)21)20(19-15)10-12-5-6-13(17)8-14(12)18/h5-6,8-9H,3-4,7,10H2,1-2H3. The number of carbonyl (C=O) groups excluding carboxylic acids is 1. The molecule has 0 N–H and O–H groups in total. The lowest BCUT2D eigenvalue weighted by Gasteiger charge is -2.08. The Bertz CT molecular complexity index is 686. The Labute approximate surface area is 145 Å². The van der Waals surface area contributed by atoms with Gasteiger partial charge in [0, 0.05) is 17.0 Å². The second-order valence-electron chi connectivity index (χ2n) is 5.01. The molecule has 0 radical (unpaired) electrons. The van der Waals surface area contributed by atoms with Gasteiger partial charge in [0.1, 0.15) is 0 Å². The van der Waals surface area contributed by atoms with Gasteiger partial charge < -0.3 is 9.47 Å².